The second-order valence-electron chi connectivity index (χ2n) is 4.47. The van der Waals surface area contributed by atoms with Crippen LogP contribution in [0.25, 0.3) is 0 Å². The van der Waals surface area contributed by atoms with Crippen molar-refractivity contribution in [2.24, 2.45) is 5.14 Å². The minimum Gasteiger partial charge on any atom is -0.321 e. The van der Waals surface area contributed by atoms with Crippen LogP contribution in [0.5, 0.6) is 0 Å². The van der Waals surface area contributed by atoms with Gasteiger partial charge in [-0.3, -0.25) is 0 Å². The van der Waals surface area contributed by atoms with Crippen LogP contribution in [0, 0.1) is 0 Å². The number of sulfonamides is 1. The van der Waals surface area contributed by atoms with Gasteiger partial charge in [0.15, 0.2) is 0 Å². The largest absolute Gasteiger partial charge is 0.322 e. The van der Waals surface area contributed by atoms with Crippen molar-refractivity contribution in [3.05, 3.63) is 36.4 Å². The maximum Gasteiger partial charge on any atom is 0.322 e. The molecule has 0 aromatic heterocycles. The molecule has 0 radical (unpaired) electrons. The molecular weight excluding hydrogens is 278 g/mol. The van der Waals surface area contributed by atoms with Crippen LogP contribution in [-0.2, 0) is 10.0 Å². The molecule has 0 aliphatic heterocycles. The van der Waals surface area contributed by atoms with Crippen molar-refractivity contribution in [1.82, 2.24) is 4.90 Å². The number of carbonyl (C=O) groups excluding carboxylic acids is 1. The summed E-state index contributed by atoms with van der Waals surface area (Å²) in [5.74, 6) is 0. The van der Waals surface area contributed by atoms with Crippen molar-refractivity contribution in [3.63, 3.8) is 0 Å². The Labute approximate surface area is 119 Å². The normalized spacial score (nSPS) is 10.9. The first kappa shape index (κ1) is 16.2. The number of nitrogens with one attached hydrogen (secondary N) is 1. The zero-order valence-electron chi connectivity index (χ0n) is 11.6. The van der Waals surface area contributed by atoms with E-state index in [0.29, 0.717) is 18.8 Å². The molecule has 0 unspecified atom stereocenters. The van der Waals surface area contributed by atoms with E-state index in [2.05, 4.69) is 11.9 Å². The maximum absolute atomic E-state index is 12.0. The van der Waals surface area contributed by atoms with Crippen LogP contribution in [-0.4, -0.2) is 32.4 Å². The Morgan fingerprint density at radius 1 is 1.45 bits per heavy atom. The highest BCUT2D eigenvalue weighted by Gasteiger charge is 2.13. The minimum absolute atomic E-state index is 0.0433. The van der Waals surface area contributed by atoms with Gasteiger partial charge in [-0.1, -0.05) is 18.2 Å². The SMILES string of the molecule is C=C(C)CN(CC)C(=O)Nc1cccc(S(N)(=O)=O)c1. The molecule has 110 valence electrons. The highest BCUT2D eigenvalue weighted by atomic mass is 32.2. The first-order chi connectivity index (χ1) is 9.24. The Hall–Kier alpha value is -1.86. The highest BCUT2D eigenvalue weighted by Crippen LogP contribution is 2.14. The average molecular weight is 297 g/mol. The van der Waals surface area contributed by atoms with Crippen molar-refractivity contribution >= 4 is 21.7 Å². The van der Waals surface area contributed by atoms with E-state index >= 15 is 0 Å². The van der Waals surface area contributed by atoms with E-state index in [1.165, 1.54) is 18.2 Å². The third kappa shape index (κ3) is 4.67. The summed E-state index contributed by atoms with van der Waals surface area (Å²) in [6.07, 6.45) is 0. The summed E-state index contributed by atoms with van der Waals surface area (Å²) in [6, 6.07) is 5.49. The van der Waals surface area contributed by atoms with Gasteiger partial charge >= 0.3 is 6.03 Å². The number of hydrogen-bond acceptors (Lipinski definition) is 3. The van der Waals surface area contributed by atoms with E-state index in [4.69, 9.17) is 5.14 Å². The van der Waals surface area contributed by atoms with E-state index in [1.807, 2.05) is 13.8 Å². The Kier molecular flexibility index (Phi) is 5.29. The molecule has 0 bridgehead atoms. The topological polar surface area (TPSA) is 92.5 Å². The number of nitrogens with two attached hydrogens (primary N) is 1. The molecule has 1 rings (SSSR count). The molecule has 0 heterocycles. The smallest absolute Gasteiger partial charge is 0.321 e. The second-order valence-corrected chi connectivity index (χ2v) is 6.04. The van der Waals surface area contributed by atoms with Gasteiger partial charge in [0.1, 0.15) is 0 Å². The fraction of sp³-hybridized carbons (Fsp3) is 0.308. The van der Waals surface area contributed by atoms with E-state index in [1.54, 1.807) is 11.0 Å². The Morgan fingerprint density at radius 2 is 2.10 bits per heavy atom. The number of likely N-dealkylation sites (N-methyl/N-ethyl adjacent to an activating group) is 1. The zero-order chi connectivity index (χ0) is 15.3. The molecule has 0 atom stereocenters. The fourth-order valence-corrected chi connectivity index (χ4v) is 2.17. The van der Waals surface area contributed by atoms with Gasteiger partial charge in [0.25, 0.3) is 0 Å². The summed E-state index contributed by atoms with van der Waals surface area (Å²) < 4.78 is 22.5. The van der Waals surface area contributed by atoms with E-state index in [9.17, 15) is 13.2 Å². The summed E-state index contributed by atoms with van der Waals surface area (Å²) in [4.78, 5) is 13.6. The first-order valence-electron chi connectivity index (χ1n) is 6.07. The van der Waals surface area contributed by atoms with Gasteiger partial charge < -0.3 is 10.2 Å². The zero-order valence-corrected chi connectivity index (χ0v) is 12.4. The lowest BCUT2D eigenvalue weighted by atomic mass is 10.3. The predicted octanol–water partition coefficient (Wildman–Crippen LogP) is 1.76. The molecule has 0 aliphatic carbocycles. The number of primary sulfonamides is 1. The molecule has 0 aliphatic rings. The Morgan fingerprint density at radius 3 is 2.60 bits per heavy atom. The quantitative estimate of drug-likeness (QED) is 0.811. The van der Waals surface area contributed by atoms with Gasteiger partial charge in [0.2, 0.25) is 10.0 Å². The van der Waals surface area contributed by atoms with E-state index in [-0.39, 0.29) is 10.9 Å². The molecule has 0 saturated carbocycles. The van der Waals surface area contributed by atoms with Gasteiger partial charge in [-0.15, -0.1) is 0 Å². The Bertz CT molecular complexity index is 611. The maximum atomic E-state index is 12.0. The minimum atomic E-state index is -3.78. The number of anilines is 1. The average Bonchev–Trinajstić information content (AvgIpc) is 2.34. The highest BCUT2D eigenvalue weighted by molar-refractivity contribution is 7.89. The van der Waals surface area contributed by atoms with Crippen molar-refractivity contribution in [3.8, 4) is 0 Å². The predicted molar refractivity (Wildman–Crippen MR) is 78.9 cm³/mol. The molecule has 7 heteroatoms. The lowest BCUT2D eigenvalue weighted by Crippen LogP contribution is -2.35. The van der Waals surface area contributed by atoms with Crippen LogP contribution in [0.1, 0.15) is 13.8 Å². The number of nitrogens with zero attached hydrogens (tertiary/aromatic N) is 1. The van der Waals surface area contributed by atoms with Crippen LogP contribution in [0.2, 0.25) is 0 Å². The van der Waals surface area contributed by atoms with E-state index < -0.39 is 10.0 Å². The third-order valence-corrected chi connectivity index (χ3v) is 3.45. The van der Waals surface area contributed by atoms with Crippen LogP contribution >= 0.6 is 0 Å². The van der Waals surface area contributed by atoms with Crippen LogP contribution < -0.4 is 10.5 Å². The summed E-state index contributed by atoms with van der Waals surface area (Å²) in [5.41, 5.74) is 1.24. The van der Waals surface area contributed by atoms with Gasteiger partial charge in [0.05, 0.1) is 4.90 Å². The summed E-state index contributed by atoms with van der Waals surface area (Å²) in [6.45, 7) is 8.41. The molecule has 0 fully saturated rings. The molecule has 3 N–H and O–H groups in total. The number of carbonyl (C=O) groups is 1. The number of amides is 2. The van der Waals surface area contributed by atoms with Gasteiger partial charge in [-0.25, -0.2) is 18.4 Å². The lowest BCUT2D eigenvalue weighted by Gasteiger charge is -2.21. The van der Waals surface area contributed by atoms with Gasteiger partial charge in [-0.05, 0) is 32.0 Å². The van der Waals surface area contributed by atoms with Crippen molar-refractivity contribution < 1.29 is 13.2 Å². The van der Waals surface area contributed by atoms with Crippen molar-refractivity contribution in [1.29, 1.82) is 0 Å². The summed E-state index contributed by atoms with van der Waals surface area (Å²) >= 11 is 0. The van der Waals surface area contributed by atoms with Crippen molar-refractivity contribution in [2.75, 3.05) is 18.4 Å². The number of benzene rings is 1. The molecule has 20 heavy (non-hydrogen) atoms. The molecule has 0 saturated heterocycles. The molecular formula is C13H19N3O3S. The van der Waals surface area contributed by atoms with Crippen LogP contribution in [0.4, 0.5) is 10.5 Å². The van der Waals surface area contributed by atoms with Gasteiger partial charge in [-0.2, -0.15) is 0 Å². The fourth-order valence-electron chi connectivity index (χ4n) is 1.61. The summed E-state index contributed by atoms with van der Waals surface area (Å²) in [7, 11) is -3.78. The second kappa shape index (κ2) is 6.53. The third-order valence-electron chi connectivity index (χ3n) is 2.54. The number of rotatable bonds is 5. The molecule has 0 spiro atoms. The molecule has 6 nitrogen and oxygen atoms in total. The van der Waals surface area contributed by atoms with E-state index in [0.717, 1.165) is 5.57 Å². The molecule has 1 aromatic rings. The van der Waals surface area contributed by atoms with Crippen LogP contribution in [0.3, 0.4) is 0 Å². The van der Waals surface area contributed by atoms with Crippen molar-refractivity contribution in [2.45, 2.75) is 18.7 Å². The van der Waals surface area contributed by atoms with Gasteiger partial charge in [0, 0.05) is 18.8 Å². The Balaban J connectivity index is 2.88. The lowest BCUT2D eigenvalue weighted by molar-refractivity contribution is 0.218. The van der Waals surface area contributed by atoms with Crippen LogP contribution in [0.15, 0.2) is 41.3 Å². The number of hydrogen-bond donors (Lipinski definition) is 2. The summed E-state index contributed by atoms with van der Waals surface area (Å²) in [5, 5.41) is 7.68. The number of urea groups is 1. The molecule has 2 amide bonds. The standard InChI is InChI=1S/C13H19N3O3S/c1-4-16(9-10(2)3)13(17)15-11-6-5-7-12(8-11)20(14,18)19/h5-8H,2,4,9H2,1,3H3,(H,15,17)(H2,14,18,19). The first-order valence-corrected chi connectivity index (χ1v) is 7.62. The molecule has 1 aromatic carbocycles. The monoisotopic (exact) mass is 297 g/mol.